The highest BCUT2D eigenvalue weighted by molar-refractivity contribution is 9.10. The zero-order valence-electron chi connectivity index (χ0n) is 12.3. The summed E-state index contributed by atoms with van der Waals surface area (Å²) < 4.78 is 1.08. The van der Waals surface area contributed by atoms with Crippen molar-refractivity contribution in [1.29, 1.82) is 0 Å². The first-order valence-corrected chi connectivity index (χ1v) is 8.11. The average molecular weight is 328 g/mol. The second-order valence-electron chi connectivity index (χ2n) is 5.08. The third kappa shape index (κ3) is 5.15. The number of hydrogen-bond acceptors (Lipinski definition) is 2. The summed E-state index contributed by atoms with van der Waals surface area (Å²) in [6, 6.07) is 6.18. The number of benzene rings is 1. The van der Waals surface area contributed by atoms with Crippen LogP contribution in [0.25, 0.3) is 0 Å². The molecule has 0 aromatic heterocycles. The van der Waals surface area contributed by atoms with Gasteiger partial charge in [-0.1, -0.05) is 32.8 Å². The van der Waals surface area contributed by atoms with E-state index in [1.54, 1.807) is 6.92 Å². The molecule has 0 aliphatic heterocycles. The number of nitrogens with zero attached hydrogens (tertiary/aromatic N) is 1. The topological polar surface area (TPSA) is 23.5 Å². The standard InChI is InChI=1S/C16H26BrNO/c1-4-6-10-18(11-7-5-2)16-9-8-14(13(3)19)12-15(16)17/h8-9,12-13,19H,4-7,10-11H2,1-3H3. The fourth-order valence-corrected chi connectivity index (χ4v) is 2.74. The normalized spacial score (nSPS) is 12.5. The van der Waals surface area contributed by atoms with Crippen LogP contribution in [-0.2, 0) is 0 Å². The maximum absolute atomic E-state index is 9.63. The minimum atomic E-state index is -0.412. The number of aliphatic hydroxyl groups excluding tert-OH is 1. The minimum Gasteiger partial charge on any atom is -0.389 e. The van der Waals surface area contributed by atoms with Crippen molar-refractivity contribution in [3.63, 3.8) is 0 Å². The number of anilines is 1. The lowest BCUT2D eigenvalue weighted by Crippen LogP contribution is -2.26. The van der Waals surface area contributed by atoms with E-state index in [-0.39, 0.29) is 0 Å². The maximum atomic E-state index is 9.63. The van der Waals surface area contributed by atoms with E-state index in [4.69, 9.17) is 0 Å². The second kappa shape index (κ2) is 8.60. The van der Waals surface area contributed by atoms with Crippen molar-refractivity contribution >= 4 is 21.6 Å². The van der Waals surface area contributed by atoms with E-state index in [0.29, 0.717) is 0 Å². The smallest absolute Gasteiger partial charge is 0.0762 e. The average Bonchev–Trinajstić information content (AvgIpc) is 2.39. The molecule has 2 nitrogen and oxygen atoms in total. The summed E-state index contributed by atoms with van der Waals surface area (Å²) in [4.78, 5) is 2.45. The van der Waals surface area contributed by atoms with Gasteiger partial charge in [0, 0.05) is 17.6 Å². The number of hydrogen-bond donors (Lipinski definition) is 1. The molecule has 0 amide bonds. The van der Waals surface area contributed by atoms with Crippen molar-refractivity contribution in [2.45, 2.75) is 52.6 Å². The molecule has 1 aromatic carbocycles. The molecule has 0 radical (unpaired) electrons. The van der Waals surface area contributed by atoms with E-state index in [1.807, 2.05) is 12.1 Å². The Balaban J connectivity index is 2.87. The lowest BCUT2D eigenvalue weighted by Gasteiger charge is -2.26. The van der Waals surface area contributed by atoms with Gasteiger partial charge in [-0.2, -0.15) is 0 Å². The molecule has 0 bridgehead atoms. The van der Waals surface area contributed by atoms with Gasteiger partial charge in [-0.15, -0.1) is 0 Å². The summed E-state index contributed by atoms with van der Waals surface area (Å²) in [5, 5.41) is 9.63. The van der Waals surface area contributed by atoms with Gasteiger partial charge >= 0.3 is 0 Å². The zero-order chi connectivity index (χ0) is 14.3. The number of rotatable bonds is 8. The van der Waals surface area contributed by atoms with Crippen LogP contribution in [0.15, 0.2) is 22.7 Å². The van der Waals surface area contributed by atoms with Gasteiger partial charge in [0.25, 0.3) is 0 Å². The third-order valence-electron chi connectivity index (χ3n) is 3.36. The van der Waals surface area contributed by atoms with E-state index in [1.165, 1.54) is 31.4 Å². The van der Waals surface area contributed by atoms with E-state index < -0.39 is 6.10 Å². The van der Waals surface area contributed by atoms with Crippen LogP contribution in [0.1, 0.15) is 58.1 Å². The first kappa shape index (κ1) is 16.5. The largest absolute Gasteiger partial charge is 0.389 e. The summed E-state index contributed by atoms with van der Waals surface area (Å²) >= 11 is 3.65. The van der Waals surface area contributed by atoms with Crippen molar-refractivity contribution < 1.29 is 5.11 Å². The van der Waals surface area contributed by atoms with E-state index >= 15 is 0 Å². The van der Waals surface area contributed by atoms with Gasteiger partial charge in [-0.25, -0.2) is 0 Å². The number of halogens is 1. The molecule has 108 valence electrons. The van der Waals surface area contributed by atoms with Crippen LogP contribution in [0, 0.1) is 0 Å². The van der Waals surface area contributed by atoms with Crippen molar-refractivity contribution in [2.75, 3.05) is 18.0 Å². The molecule has 0 aliphatic carbocycles. The minimum absolute atomic E-state index is 0.412. The highest BCUT2D eigenvalue weighted by Crippen LogP contribution is 2.30. The Hall–Kier alpha value is -0.540. The molecule has 0 fully saturated rings. The van der Waals surface area contributed by atoms with Crippen LogP contribution in [0.4, 0.5) is 5.69 Å². The van der Waals surface area contributed by atoms with Crippen LogP contribution in [0.2, 0.25) is 0 Å². The SMILES string of the molecule is CCCCN(CCCC)c1ccc(C(C)O)cc1Br. The summed E-state index contributed by atoms with van der Waals surface area (Å²) in [6.07, 6.45) is 4.45. The summed E-state index contributed by atoms with van der Waals surface area (Å²) in [7, 11) is 0. The Bertz CT molecular complexity index is 371. The first-order chi connectivity index (χ1) is 9.10. The maximum Gasteiger partial charge on any atom is 0.0762 e. The molecule has 0 spiro atoms. The highest BCUT2D eigenvalue weighted by Gasteiger charge is 2.11. The van der Waals surface area contributed by atoms with Crippen molar-refractivity contribution in [2.24, 2.45) is 0 Å². The predicted octanol–water partition coefficient (Wildman–Crippen LogP) is 4.91. The molecule has 1 aromatic rings. The molecule has 0 heterocycles. The summed E-state index contributed by atoms with van der Waals surface area (Å²) in [5.41, 5.74) is 2.20. The van der Waals surface area contributed by atoms with Crippen molar-refractivity contribution in [3.05, 3.63) is 28.2 Å². The molecular formula is C16H26BrNO. The van der Waals surface area contributed by atoms with Crippen molar-refractivity contribution in [3.8, 4) is 0 Å². The molecule has 19 heavy (non-hydrogen) atoms. The lowest BCUT2D eigenvalue weighted by molar-refractivity contribution is 0.199. The van der Waals surface area contributed by atoms with Gasteiger partial charge in [-0.3, -0.25) is 0 Å². The van der Waals surface area contributed by atoms with E-state index in [2.05, 4.69) is 40.7 Å². The second-order valence-corrected chi connectivity index (χ2v) is 5.94. The fourth-order valence-electron chi connectivity index (χ4n) is 2.09. The Morgan fingerprint density at radius 3 is 2.16 bits per heavy atom. The molecule has 3 heteroatoms. The summed E-state index contributed by atoms with van der Waals surface area (Å²) in [5.74, 6) is 0. The van der Waals surface area contributed by atoms with Gasteiger partial charge in [0.15, 0.2) is 0 Å². The molecule has 1 rings (SSSR count). The quantitative estimate of drug-likeness (QED) is 0.733. The van der Waals surface area contributed by atoms with Crippen LogP contribution in [0.3, 0.4) is 0 Å². The van der Waals surface area contributed by atoms with Crippen molar-refractivity contribution in [1.82, 2.24) is 0 Å². The van der Waals surface area contributed by atoms with Gasteiger partial charge in [0.1, 0.15) is 0 Å². The molecule has 0 saturated carbocycles. The molecule has 0 aliphatic rings. The lowest BCUT2D eigenvalue weighted by atomic mass is 10.1. The highest BCUT2D eigenvalue weighted by atomic mass is 79.9. The van der Waals surface area contributed by atoms with Gasteiger partial charge in [-0.05, 0) is 53.4 Å². The Morgan fingerprint density at radius 2 is 1.74 bits per heavy atom. The van der Waals surface area contributed by atoms with Crippen LogP contribution >= 0.6 is 15.9 Å². The van der Waals surface area contributed by atoms with E-state index in [9.17, 15) is 5.11 Å². The number of aliphatic hydroxyl groups is 1. The Morgan fingerprint density at radius 1 is 1.16 bits per heavy atom. The first-order valence-electron chi connectivity index (χ1n) is 7.32. The summed E-state index contributed by atoms with van der Waals surface area (Å²) in [6.45, 7) is 8.45. The van der Waals surface area contributed by atoms with Crippen LogP contribution in [0.5, 0.6) is 0 Å². The zero-order valence-corrected chi connectivity index (χ0v) is 13.9. The van der Waals surface area contributed by atoms with E-state index in [0.717, 1.165) is 23.1 Å². The fraction of sp³-hybridized carbons (Fsp3) is 0.625. The molecule has 0 saturated heterocycles. The predicted molar refractivity (Wildman–Crippen MR) is 86.8 cm³/mol. The third-order valence-corrected chi connectivity index (χ3v) is 3.99. The Labute approximate surface area is 126 Å². The van der Waals surface area contributed by atoms with Gasteiger partial charge < -0.3 is 10.0 Å². The van der Waals surface area contributed by atoms with Crippen LogP contribution in [-0.4, -0.2) is 18.2 Å². The van der Waals surface area contributed by atoms with Crippen LogP contribution < -0.4 is 4.90 Å². The molecular weight excluding hydrogens is 302 g/mol. The molecule has 1 atom stereocenters. The number of unbranched alkanes of at least 4 members (excludes halogenated alkanes) is 2. The molecule has 1 unspecified atom stereocenters. The van der Waals surface area contributed by atoms with Gasteiger partial charge in [0.2, 0.25) is 0 Å². The van der Waals surface area contributed by atoms with Gasteiger partial charge in [0.05, 0.1) is 11.8 Å². The Kier molecular flexibility index (Phi) is 7.47. The monoisotopic (exact) mass is 327 g/mol. The molecule has 1 N–H and O–H groups in total.